The highest BCUT2D eigenvalue weighted by atomic mass is 16.3. The molecule has 0 aliphatic carbocycles. The van der Waals surface area contributed by atoms with Crippen LogP contribution in [0.1, 0.15) is 0 Å². The van der Waals surface area contributed by atoms with Crippen molar-refractivity contribution >= 4 is 43.7 Å². The molecule has 11 rings (SSSR count). The van der Waals surface area contributed by atoms with Gasteiger partial charge in [-0.2, -0.15) is 0 Å². The second kappa shape index (κ2) is 13.0. The van der Waals surface area contributed by atoms with E-state index >= 15 is 0 Å². The van der Waals surface area contributed by atoms with Crippen molar-refractivity contribution in [2.75, 3.05) is 0 Å². The number of pyridine rings is 1. The third kappa shape index (κ3) is 5.43. The van der Waals surface area contributed by atoms with Gasteiger partial charge in [0.25, 0.3) is 0 Å². The highest BCUT2D eigenvalue weighted by molar-refractivity contribution is 6.10. The largest absolute Gasteiger partial charge is 0.456 e. The number of nitrogens with zero attached hydrogens (tertiary/aromatic N) is 5. The Labute approximate surface area is 322 Å². The van der Waals surface area contributed by atoms with Crippen molar-refractivity contribution in [3.63, 3.8) is 0 Å². The average Bonchev–Trinajstić information content (AvgIpc) is 3.82. The molecule has 0 saturated heterocycles. The van der Waals surface area contributed by atoms with Crippen LogP contribution in [-0.2, 0) is 0 Å². The van der Waals surface area contributed by atoms with Gasteiger partial charge >= 0.3 is 0 Å². The van der Waals surface area contributed by atoms with Crippen LogP contribution in [0.3, 0.4) is 0 Å². The minimum atomic E-state index is 0.571. The number of furan rings is 1. The Bertz CT molecular complexity index is 3240. The van der Waals surface area contributed by atoms with E-state index in [0.717, 1.165) is 72.1 Å². The van der Waals surface area contributed by atoms with E-state index in [1.807, 2.05) is 79.1 Å². The summed E-state index contributed by atoms with van der Waals surface area (Å²) in [7, 11) is 0. The number of hydrogen-bond donors (Lipinski definition) is 0. The fourth-order valence-electron chi connectivity index (χ4n) is 7.86. The smallest absolute Gasteiger partial charge is 0.164 e. The average molecular weight is 718 g/mol. The van der Waals surface area contributed by atoms with Gasteiger partial charge in [-0.1, -0.05) is 97.1 Å². The van der Waals surface area contributed by atoms with E-state index in [2.05, 4.69) is 119 Å². The quantitative estimate of drug-likeness (QED) is 0.171. The number of fused-ring (bicyclic) bond motifs is 6. The van der Waals surface area contributed by atoms with Crippen molar-refractivity contribution in [3.8, 4) is 62.1 Å². The first-order chi connectivity index (χ1) is 27.7. The highest BCUT2D eigenvalue weighted by Crippen LogP contribution is 2.38. The Balaban J connectivity index is 1.12. The molecule has 0 radical (unpaired) electrons. The topological polar surface area (TPSA) is 69.6 Å². The van der Waals surface area contributed by atoms with Gasteiger partial charge in [0.15, 0.2) is 17.5 Å². The predicted molar refractivity (Wildman–Crippen MR) is 226 cm³/mol. The van der Waals surface area contributed by atoms with Crippen LogP contribution in [-0.4, -0.2) is 24.5 Å². The second-order valence-electron chi connectivity index (χ2n) is 13.9. The van der Waals surface area contributed by atoms with Gasteiger partial charge in [-0.25, -0.2) is 15.0 Å². The molecular formula is C50H31N5O. The van der Waals surface area contributed by atoms with E-state index in [0.29, 0.717) is 17.5 Å². The van der Waals surface area contributed by atoms with E-state index in [1.54, 1.807) is 0 Å². The van der Waals surface area contributed by atoms with Crippen LogP contribution < -0.4 is 0 Å². The molecule has 0 aliphatic heterocycles. The molecule has 56 heavy (non-hydrogen) atoms. The number of para-hydroxylation sites is 3. The zero-order valence-corrected chi connectivity index (χ0v) is 30.0. The van der Waals surface area contributed by atoms with Gasteiger partial charge in [-0.3, -0.25) is 4.98 Å². The van der Waals surface area contributed by atoms with E-state index in [-0.39, 0.29) is 0 Å². The molecule has 11 aromatic rings. The number of aromatic nitrogens is 5. The third-order valence-electron chi connectivity index (χ3n) is 10.5. The van der Waals surface area contributed by atoms with Crippen molar-refractivity contribution in [1.29, 1.82) is 0 Å². The summed E-state index contributed by atoms with van der Waals surface area (Å²) in [4.78, 5) is 19.7. The van der Waals surface area contributed by atoms with E-state index < -0.39 is 0 Å². The molecule has 0 fully saturated rings. The van der Waals surface area contributed by atoms with Gasteiger partial charge in [-0.15, -0.1) is 0 Å². The lowest BCUT2D eigenvalue weighted by Gasteiger charge is -2.13. The molecule has 0 amide bonds. The fraction of sp³-hybridized carbons (Fsp3) is 0. The lowest BCUT2D eigenvalue weighted by atomic mass is 9.95. The molecule has 6 heteroatoms. The minimum Gasteiger partial charge on any atom is -0.456 e. The molecule has 4 aromatic heterocycles. The maximum Gasteiger partial charge on any atom is 0.164 e. The zero-order valence-electron chi connectivity index (χ0n) is 30.0. The van der Waals surface area contributed by atoms with Crippen LogP contribution in [0.25, 0.3) is 106 Å². The molecular weight excluding hydrogens is 687 g/mol. The zero-order chi connectivity index (χ0) is 37.0. The fourth-order valence-corrected chi connectivity index (χ4v) is 7.86. The second-order valence-corrected chi connectivity index (χ2v) is 13.9. The maximum atomic E-state index is 6.28. The number of hydrogen-bond acceptors (Lipinski definition) is 5. The first-order valence-electron chi connectivity index (χ1n) is 18.6. The Morgan fingerprint density at radius 1 is 0.339 bits per heavy atom. The van der Waals surface area contributed by atoms with Crippen molar-refractivity contribution in [1.82, 2.24) is 24.5 Å². The van der Waals surface area contributed by atoms with E-state index in [9.17, 15) is 0 Å². The molecule has 0 saturated carbocycles. The van der Waals surface area contributed by atoms with Crippen LogP contribution in [0.2, 0.25) is 0 Å². The Morgan fingerprint density at radius 3 is 1.73 bits per heavy atom. The summed E-state index contributed by atoms with van der Waals surface area (Å²) < 4.78 is 8.62. The summed E-state index contributed by atoms with van der Waals surface area (Å²) in [6.45, 7) is 0. The molecule has 0 atom stereocenters. The third-order valence-corrected chi connectivity index (χ3v) is 10.5. The van der Waals surface area contributed by atoms with Gasteiger partial charge < -0.3 is 8.98 Å². The molecule has 0 bridgehead atoms. The standard InChI is InChI=1S/C50H31N5O/c1-3-11-33(12-4-1)48-52-49(35-19-21-42-41-16-8-10-18-46(41)56-47(42)31-35)54-50(53-48)38-28-36(32-23-25-51-26-24-32)27-37(29-38)34-20-22-45-43(30-34)40-15-7-9-17-44(40)55(45)39-13-5-2-6-14-39/h1-31H. The molecule has 7 aromatic carbocycles. The Hall–Kier alpha value is -7.70. The summed E-state index contributed by atoms with van der Waals surface area (Å²) in [6, 6.07) is 61.0. The van der Waals surface area contributed by atoms with Crippen molar-refractivity contribution in [2.45, 2.75) is 0 Å². The van der Waals surface area contributed by atoms with Crippen molar-refractivity contribution in [3.05, 3.63) is 188 Å². The van der Waals surface area contributed by atoms with Gasteiger partial charge in [0.05, 0.1) is 11.0 Å². The van der Waals surface area contributed by atoms with Gasteiger partial charge in [0.2, 0.25) is 0 Å². The predicted octanol–water partition coefficient (Wildman–Crippen LogP) is 12.6. The summed E-state index contributed by atoms with van der Waals surface area (Å²) in [5.41, 5.74) is 12.0. The Kier molecular flexibility index (Phi) is 7.38. The normalized spacial score (nSPS) is 11.6. The van der Waals surface area contributed by atoms with E-state index in [1.165, 1.54) is 16.3 Å². The number of benzene rings is 7. The van der Waals surface area contributed by atoms with Crippen LogP contribution >= 0.6 is 0 Å². The molecule has 0 spiro atoms. The molecule has 0 unspecified atom stereocenters. The molecule has 0 N–H and O–H groups in total. The van der Waals surface area contributed by atoms with E-state index in [4.69, 9.17) is 19.4 Å². The molecule has 262 valence electrons. The van der Waals surface area contributed by atoms with Gasteiger partial charge in [-0.05, 0) is 101 Å². The van der Waals surface area contributed by atoms with Gasteiger partial charge in [0, 0.05) is 56.3 Å². The van der Waals surface area contributed by atoms with Crippen LogP contribution in [0.4, 0.5) is 0 Å². The van der Waals surface area contributed by atoms with Crippen LogP contribution in [0.15, 0.2) is 193 Å². The lowest BCUT2D eigenvalue weighted by molar-refractivity contribution is 0.669. The molecule has 4 heterocycles. The lowest BCUT2D eigenvalue weighted by Crippen LogP contribution is -2.00. The van der Waals surface area contributed by atoms with Crippen LogP contribution in [0.5, 0.6) is 0 Å². The Morgan fingerprint density at radius 2 is 0.929 bits per heavy atom. The summed E-state index contributed by atoms with van der Waals surface area (Å²) in [6.07, 6.45) is 3.66. The van der Waals surface area contributed by atoms with Crippen molar-refractivity contribution < 1.29 is 4.42 Å². The molecule has 6 nitrogen and oxygen atoms in total. The molecule has 0 aliphatic rings. The number of rotatable bonds is 6. The summed E-state index contributed by atoms with van der Waals surface area (Å²) in [5, 5.41) is 4.53. The minimum absolute atomic E-state index is 0.571. The monoisotopic (exact) mass is 717 g/mol. The van der Waals surface area contributed by atoms with Crippen LogP contribution in [0, 0.1) is 0 Å². The summed E-state index contributed by atoms with van der Waals surface area (Å²) >= 11 is 0. The first kappa shape index (κ1) is 31.8. The maximum absolute atomic E-state index is 6.28. The summed E-state index contributed by atoms with van der Waals surface area (Å²) in [5.74, 6) is 1.75. The highest BCUT2D eigenvalue weighted by Gasteiger charge is 2.18. The van der Waals surface area contributed by atoms with Crippen molar-refractivity contribution in [2.24, 2.45) is 0 Å². The SMILES string of the molecule is c1ccc(-c2nc(-c3cc(-c4ccncc4)cc(-c4ccc5c(c4)c4ccccc4n5-c4ccccc4)c3)nc(-c3ccc4c(c3)oc3ccccc34)n2)cc1. The first-order valence-corrected chi connectivity index (χ1v) is 18.6. The van der Waals surface area contributed by atoms with Gasteiger partial charge in [0.1, 0.15) is 11.2 Å².